The molecule has 2 rings (SSSR count). The number of nitrogens with zero attached hydrogens (tertiary/aromatic N) is 1. The van der Waals surface area contributed by atoms with E-state index in [4.69, 9.17) is 16.7 Å². The van der Waals surface area contributed by atoms with Gasteiger partial charge in [-0.15, -0.1) is 11.8 Å². The van der Waals surface area contributed by atoms with E-state index < -0.39 is 33.2 Å². The van der Waals surface area contributed by atoms with Gasteiger partial charge in [-0.05, 0) is 25.1 Å². The van der Waals surface area contributed by atoms with Gasteiger partial charge in [-0.2, -0.15) is 4.31 Å². The second-order valence-electron chi connectivity index (χ2n) is 4.20. The molecule has 1 N–H and O–H groups in total. The molecule has 1 aliphatic heterocycles. The number of carboxylic acid groups (broad SMARTS) is 1. The van der Waals surface area contributed by atoms with Crippen molar-refractivity contribution in [1.29, 1.82) is 0 Å². The summed E-state index contributed by atoms with van der Waals surface area (Å²) in [5, 5.41) is 8.32. The van der Waals surface area contributed by atoms with Gasteiger partial charge in [-0.1, -0.05) is 11.6 Å². The van der Waals surface area contributed by atoms with Crippen LogP contribution in [0.3, 0.4) is 0 Å². The van der Waals surface area contributed by atoms with Gasteiger partial charge in [0.05, 0.1) is 10.4 Å². The number of aliphatic carboxylic acids is 1. The largest absolute Gasteiger partial charge is 0.480 e. The third kappa shape index (κ3) is 2.65. The van der Waals surface area contributed by atoms with Crippen molar-refractivity contribution in [1.82, 2.24) is 4.31 Å². The molecule has 20 heavy (non-hydrogen) atoms. The smallest absolute Gasteiger partial charge is 0.322 e. The minimum Gasteiger partial charge on any atom is -0.480 e. The summed E-state index contributed by atoms with van der Waals surface area (Å²) in [6, 6.07) is 1.75. The van der Waals surface area contributed by atoms with Crippen molar-refractivity contribution in [2.75, 3.05) is 5.75 Å². The molecule has 9 heteroatoms. The Morgan fingerprint density at radius 2 is 2.20 bits per heavy atom. The fraction of sp³-hybridized carbons (Fsp3) is 0.364. The Kier molecular flexibility index (Phi) is 4.29. The molecule has 0 aromatic heterocycles. The zero-order chi connectivity index (χ0) is 15.1. The Morgan fingerprint density at radius 3 is 2.75 bits per heavy atom. The molecule has 5 nitrogen and oxygen atoms in total. The summed E-state index contributed by atoms with van der Waals surface area (Å²) < 4.78 is 39.0. The monoisotopic (exact) mass is 339 g/mol. The first kappa shape index (κ1) is 15.6. The third-order valence-corrected chi connectivity index (χ3v) is 6.71. The molecule has 0 amide bonds. The van der Waals surface area contributed by atoms with E-state index in [1.54, 1.807) is 6.92 Å². The zero-order valence-electron chi connectivity index (χ0n) is 10.3. The summed E-state index contributed by atoms with van der Waals surface area (Å²) >= 11 is 6.99. The van der Waals surface area contributed by atoms with Crippen LogP contribution >= 0.6 is 23.4 Å². The molecular formula is C11H11ClFNO4S2. The highest BCUT2D eigenvalue weighted by Gasteiger charge is 2.45. The molecule has 0 saturated carbocycles. The molecule has 1 heterocycles. The predicted octanol–water partition coefficient (Wildman–Crippen LogP) is 2.02. The highest BCUT2D eigenvalue weighted by Crippen LogP contribution is 2.36. The number of sulfonamides is 1. The lowest BCUT2D eigenvalue weighted by Crippen LogP contribution is -2.44. The number of carbonyl (C=O) groups is 1. The van der Waals surface area contributed by atoms with Crippen LogP contribution in [0.2, 0.25) is 5.02 Å². The van der Waals surface area contributed by atoms with Gasteiger partial charge in [-0.25, -0.2) is 12.8 Å². The molecule has 1 fully saturated rings. The standard InChI is InChI=1S/C11H11ClFNO4S2/c1-6-14(9(5-19-6)11(15)16)20(17,18)10-3-2-7(13)4-8(10)12/h2-4,6,9H,5H2,1H3,(H,15,16). The fourth-order valence-electron chi connectivity index (χ4n) is 1.97. The number of halogens is 2. The Bertz CT molecular complexity index is 652. The van der Waals surface area contributed by atoms with Crippen molar-refractivity contribution in [3.63, 3.8) is 0 Å². The minimum atomic E-state index is -4.10. The maximum Gasteiger partial charge on any atom is 0.322 e. The first-order valence-corrected chi connectivity index (χ1v) is 8.45. The maximum atomic E-state index is 13.0. The molecule has 1 aromatic carbocycles. The van der Waals surface area contributed by atoms with Crippen LogP contribution < -0.4 is 0 Å². The average molecular weight is 340 g/mol. The quantitative estimate of drug-likeness (QED) is 0.911. The first-order valence-electron chi connectivity index (χ1n) is 5.58. The molecule has 0 bridgehead atoms. The number of thioether (sulfide) groups is 1. The molecule has 1 aromatic rings. The minimum absolute atomic E-state index is 0.161. The van der Waals surface area contributed by atoms with Crippen LogP contribution in [0.5, 0.6) is 0 Å². The molecule has 110 valence electrons. The Labute approximate surface area is 124 Å². The number of hydrogen-bond acceptors (Lipinski definition) is 4. The van der Waals surface area contributed by atoms with E-state index in [1.807, 2.05) is 0 Å². The van der Waals surface area contributed by atoms with Crippen LogP contribution in [0.25, 0.3) is 0 Å². The summed E-state index contributed by atoms with van der Waals surface area (Å²) in [7, 11) is -4.10. The van der Waals surface area contributed by atoms with E-state index in [9.17, 15) is 17.6 Å². The second-order valence-corrected chi connectivity index (χ2v) is 7.76. The van der Waals surface area contributed by atoms with Crippen LogP contribution in [0.1, 0.15) is 6.92 Å². The van der Waals surface area contributed by atoms with Gasteiger partial charge in [0, 0.05) is 5.75 Å². The Morgan fingerprint density at radius 1 is 1.55 bits per heavy atom. The SMILES string of the molecule is CC1SCC(C(=O)O)N1S(=O)(=O)c1ccc(F)cc1Cl. The van der Waals surface area contributed by atoms with E-state index in [0.29, 0.717) is 0 Å². The summed E-state index contributed by atoms with van der Waals surface area (Å²) in [4.78, 5) is 10.9. The number of hydrogen-bond donors (Lipinski definition) is 1. The van der Waals surface area contributed by atoms with Gasteiger partial charge in [0.25, 0.3) is 0 Å². The Balaban J connectivity index is 2.51. The van der Waals surface area contributed by atoms with Gasteiger partial charge in [-0.3, -0.25) is 4.79 Å². The summed E-state index contributed by atoms with van der Waals surface area (Å²) in [5.41, 5.74) is 0. The van der Waals surface area contributed by atoms with E-state index in [0.717, 1.165) is 22.5 Å². The predicted molar refractivity (Wildman–Crippen MR) is 73.8 cm³/mol. The van der Waals surface area contributed by atoms with E-state index in [2.05, 4.69) is 0 Å². The van der Waals surface area contributed by atoms with Crippen molar-refractivity contribution in [2.45, 2.75) is 23.2 Å². The molecule has 0 aliphatic carbocycles. The first-order chi connectivity index (χ1) is 9.25. The van der Waals surface area contributed by atoms with Crippen LogP contribution in [-0.4, -0.2) is 41.0 Å². The molecule has 2 unspecified atom stereocenters. The zero-order valence-corrected chi connectivity index (χ0v) is 12.7. The highest BCUT2D eigenvalue weighted by atomic mass is 35.5. The fourth-order valence-corrected chi connectivity index (χ4v) is 5.77. The molecule has 1 saturated heterocycles. The Hall–Kier alpha value is -0.830. The van der Waals surface area contributed by atoms with Gasteiger partial charge in [0.15, 0.2) is 0 Å². The van der Waals surface area contributed by atoms with Crippen molar-refractivity contribution in [3.05, 3.63) is 29.0 Å². The number of rotatable bonds is 3. The molecule has 2 atom stereocenters. The summed E-state index contributed by atoms with van der Waals surface area (Å²) in [5.74, 6) is -1.72. The molecular weight excluding hydrogens is 329 g/mol. The normalized spacial score (nSPS) is 23.9. The van der Waals surface area contributed by atoms with Crippen molar-refractivity contribution >= 4 is 39.4 Å². The van der Waals surface area contributed by atoms with E-state index >= 15 is 0 Å². The van der Waals surface area contributed by atoms with Gasteiger partial charge in [0.1, 0.15) is 16.8 Å². The number of benzene rings is 1. The van der Waals surface area contributed by atoms with Crippen molar-refractivity contribution < 1.29 is 22.7 Å². The molecule has 1 aliphatic rings. The van der Waals surface area contributed by atoms with Gasteiger partial charge < -0.3 is 5.11 Å². The van der Waals surface area contributed by atoms with Crippen LogP contribution in [-0.2, 0) is 14.8 Å². The van der Waals surface area contributed by atoms with Crippen LogP contribution in [0.4, 0.5) is 4.39 Å². The lowest BCUT2D eigenvalue weighted by Gasteiger charge is -2.24. The average Bonchev–Trinajstić information content (AvgIpc) is 2.71. The van der Waals surface area contributed by atoms with E-state index in [-0.39, 0.29) is 15.7 Å². The molecule has 0 radical (unpaired) electrons. The summed E-state index contributed by atoms with van der Waals surface area (Å²) in [6.07, 6.45) is 0. The second kappa shape index (κ2) is 5.51. The lowest BCUT2D eigenvalue weighted by molar-refractivity contribution is -0.140. The maximum absolute atomic E-state index is 13.0. The van der Waals surface area contributed by atoms with Gasteiger partial charge >= 0.3 is 5.97 Å². The topological polar surface area (TPSA) is 74.7 Å². The van der Waals surface area contributed by atoms with Crippen LogP contribution in [0, 0.1) is 5.82 Å². The van der Waals surface area contributed by atoms with Crippen LogP contribution in [0.15, 0.2) is 23.1 Å². The molecule has 0 spiro atoms. The lowest BCUT2D eigenvalue weighted by atomic mass is 10.3. The summed E-state index contributed by atoms with van der Waals surface area (Å²) in [6.45, 7) is 1.60. The third-order valence-electron chi connectivity index (χ3n) is 2.90. The van der Waals surface area contributed by atoms with Gasteiger partial charge in [0.2, 0.25) is 10.0 Å². The highest BCUT2D eigenvalue weighted by molar-refractivity contribution is 8.01. The van der Waals surface area contributed by atoms with E-state index in [1.165, 1.54) is 11.8 Å². The number of carboxylic acids is 1. The van der Waals surface area contributed by atoms with Crippen molar-refractivity contribution in [2.24, 2.45) is 0 Å². The van der Waals surface area contributed by atoms with Crippen molar-refractivity contribution in [3.8, 4) is 0 Å².